The molecule has 2 heterocycles. The molecule has 18 heavy (non-hydrogen) atoms. The Hall–Kier alpha value is -1.39. The normalized spacial score (nSPS) is 18.6. The topological polar surface area (TPSA) is 19.6 Å². The number of hydrogen-bond donors (Lipinski definition) is 0. The maximum absolute atomic E-state index is 13.8. The Morgan fingerprint density at radius 2 is 2.00 bits per heavy atom. The van der Waals surface area contributed by atoms with E-state index in [1.807, 2.05) is 6.07 Å². The number of hydrogen-bond acceptors (Lipinski definition) is 3. The molecule has 1 aromatic carbocycles. The molecule has 0 radical (unpaired) electrons. The predicted molar refractivity (Wildman–Crippen MR) is 68.9 cm³/mol. The first kappa shape index (κ1) is 11.7. The largest absolute Gasteiger partial charge is 0.464 e. The van der Waals surface area contributed by atoms with Gasteiger partial charge in [-0.3, -0.25) is 4.90 Å². The highest BCUT2D eigenvalue weighted by molar-refractivity contribution is 5.81. The van der Waals surface area contributed by atoms with Crippen LogP contribution < -0.4 is 0 Å². The Balaban J connectivity index is 1.82. The average molecular weight is 248 g/mol. The lowest BCUT2D eigenvalue weighted by Crippen LogP contribution is -2.43. The van der Waals surface area contributed by atoms with E-state index >= 15 is 0 Å². The van der Waals surface area contributed by atoms with E-state index in [0.29, 0.717) is 11.0 Å². The van der Waals surface area contributed by atoms with Crippen LogP contribution in [0.2, 0.25) is 0 Å². The van der Waals surface area contributed by atoms with E-state index < -0.39 is 0 Å². The molecule has 1 aliphatic rings. The fourth-order valence-electron chi connectivity index (χ4n) is 2.47. The molecule has 1 aliphatic heterocycles. The molecule has 0 bridgehead atoms. The third-order valence-electron chi connectivity index (χ3n) is 3.61. The van der Waals surface area contributed by atoms with E-state index in [9.17, 15) is 4.39 Å². The minimum atomic E-state index is -0.189. The fourth-order valence-corrected chi connectivity index (χ4v) is 2.47. The van der Waals surface area contributed by atoms with Crippen LogP contribution in [0.3, 0.4) is 0 Å². The van der Waals surface area contributed by atoms with Gasteiger partial charge in [0, 0.05) is 38.3 Å². The van der Waals surface area contributed by atoms with Crippen LogP contribution in [0, 0.1) is 5.82 Å². The third-order valence-corrected chi connectivity index (χ3v) is 3.61. The maximum Gasteiger partial charge on any atom is 0.137 e. The zero-order valence-corrected chi connectivity index (χ0v) is 10.5. The molecular weight excluding hydrogens is 231 g/mol. The number of fused-ring (bicyclic) bond motifs is 1. The number of rotatable bonds is 2. The van der Waals surface area contributed by atoms with E-state index in [4.69, 9.17) is 4.42 Å². The van der Waals surface area contributed by atoms with Gasteiger partial charge in [-0.15, -0.1) is 0 Å². The second-order valence-corrected chi connectivity index (χ2v) is 4.95. The standard InChI is InChI=1S/C14H17FN2O/c1-16-5-7-17(8-6-16)9-11-10-18-13-4-2-3-12(15)14(11)13/h2-4,10H,5-9H2,1H3. The van der Waals surface area contributed by atoms with E-state index in [0.717, 1.165) is 38.3 Å². The summed E-state index contributed by atoms with van der Waals surface area (Å²) in [6.07, 6.45) is 1.69. The molecule has 0 aliphatic carbocycles. The summed E-state index contributed by atoms with van der Waals surface area (Å²) in [6.45, 7) is 4.95. The Morgan fingerprint density at radius 3 is 2.78 bits per heavy atom. The molecule has 0 atom stereocenters. The van der Waals surface area contributed by atoms with Crippen molar-refractivity contribution in [3.8, 4) is 0 Å². The van der Waals surface area contributed by atoms with Gasteiger partial charge < -0.3 is 9.32 Å². The number of piperazine rings is 1. The van der Waals surface area contributed by atoms with Crippen molar-refractivity contribution in [3.05, 3.63) is 35.8 Å². The lowest BCUT2D eigenvalue weighted by Gasteiger charge is -2.32. The Kier molecular flexibility index (Phi) is 3.06. The van der Waals surface area contributed by atoms with Crippen molar-refractivity contribution >= 4 is 11.0 Å². The molecule has 0 amide bonds. The van der Waals surface area contributed by atoms with Crippen LogP contribution in [0.4, 0.5) is 4.39 Å². The molecule has 3 rings (SSSR count). The summed E-state index contributed by atoms with van der Waals surface area (Å²) in [5.74, 6) is -0.189. The average Bonchev–Trinajstić information content (AvgIpc) is 2.77. The second-order valence-electron chi connectivity index (χ2n) is 4.95. The van der Waals surface area contributed by atoms with Crippen LogP contribution in [-0.4, -0.2) is 43.0 Å². The lowest BCUT2D eigenvalue weighted by atomic mass is 10.1. The molecule has 0 N–H and O–H groups in total. The van der Waals surface area contributed by atoms with Crippen LogP contribution in [0.25, 0.3) is 11.0 Å². The summed E-state index contributed by atoms with van der Waals surface area (Å²) >= 11 is 0. The van der Waals surface area contributed by atoms with Crippen molar-refractivity contribution < 1.29 is 8.81 Å². The Labute approximate surface area is 106 Å². The third kappa shape index (κ3) is 2.13. The SMILES string of the molecule is CN1CCN(Cc2coc3cccc(F)c23)CC1. The van der Waals surface area contributed by atoms with E-state index in [2.05, 4.69) is 16.8 Å². The highest BCUT2D eigenvalue weighted by Crippen LogP contribution is 2.25. The summed E-state index contributed by atoms with van der Waals surface area (Å²) in [7, 11) is 2.13. The van der Waals surface area contributed by atoms with Gasteiger partial charge in [0.05, 0.1) is 11.6 Å². The zero-order valence-electron chi connectivity index (χ0n) is 10.5. The predicted octanol–water partition coefficient (Wildman–Crippen LogP) is 2.32. The van der Waals surface area contributed by atoms with Crippen LogP contribution >= 0.6 is 0 Å². The minimum Gasteiger partial charge on any atom is -0.464 e. The smallest absolute Gasteiger partial charge is 0.137 e. The van der Waals surface area contributed by atoms with Crippen LogP contribution in [0.5, 0.6) is 0 Å². The lowest BCUT2D eigenvalue weighted by molar-refractivity contribution is 0.148. The van der Waals surface area contributed by atoms with Gasteiger partial charge >= 0.3 is 0 Å². The maximum atomic E-state index is 13.8. The number of likely N-dealkylation sites (N-methyl/N-ethyl adjacent to an activating group) is 1. The van der Waals surface area contributed by atoms with Crippen LogP contribution in [0.15, 0.2) is 28.9 Å². The molecule has 1 aromatic heterocycles. The fraction of sp³-hybridized carbons (Fsp3) is 0.429. The number of halogens is 1. The van der Waals surface area contributed by atoms with Crippen molar-refractivity contribution in [1.29, 1.82) is 0 Å². The van der Waals surface area contributed by atoms with Crippen molar-refractivity contribution in [2.75, 3.05) is 33.2 Å². The minimum absolute atomic E-state index is 0.189. The van der Waals surface area contributed by atoms with Crippen molar-refractivity contribution in [1.82, 2.24) is 9.80 Å². The molecule has 4 heteroatoms. The van der Waals surface area contributed by atoms with Crippen molar-refractivity contribution in [2.24, 2.45) is 0 Å². The highest BCUT2D eigenvalue weighted by Gasteiger charge is 2.17. The highest BCUT2D eigenvalue weighted by atomic mass is 19.1. The quantitative estimate of drug-likeness (QED) is 0.813. The van der Waals surface area contributed by atoms with Gasteiger partial charge in [0.1, 0.15) is 11.4 Å². The molecule has 0 spiro atoms. The number of nitrogens with zero attached hydrogens (tertiary/aromatic N) is 2. The van der Waals surface area contributed by atoms with Gasteiger partial charge in [0.15, 0.2) is 0 Å². The summed E-state index contributed by atoms with van der Waals surface area (Å²) in [5.41, 5.74) is 1.59. The zero-order chi connectivity index (χ0) is 12.5. The first-order valence-electron chi connectivity index (χ1n) is 6.29. The molecule has 2 aromatic rings. The molecule has 1 fully saturated rings. The molecule has 1 saturated heterocycles. The first-order valence-corrected chi connectivity index (χ1v) is 6.29. The monoisotopic (exact) mass is 248 g/mol. The van der Waals surface area contributed by atoms with E-state index in [-0.39, 0.29) is 5.82 Å². The van der Waals surface area contributed by atoms with Gasteiger partial charge in [-0.2, -0.15) is 0 Å². The van der Waals surface area contributed by atoms with Gasteiger partial charge in [-0.25, -0.2) is 4.39 Å². The van der Waals surface area contributed by atoms with Crippen LogP contribution in [-0.2, 0) is 6.54 Å². The second kappa shape index (κ2) is 4.71. The van der Waals surface area contributed by atoms with E-state index in [1.165, 1.54) is 6.07 Å². The summed E-state index contributed by atoms with van der Waals surface area (Å²) in [6, 6.07) is 4.98. The Morgan fingerprint density at radius 1 is 1.22 bits per heavy atom. The summed E-state index contributed by atoms with van der Waals surface area (Å²) in [4.78, 5) is 4.65. The summed E-state index contributed by atoms with van der Waals surface area (Å²) in [5, 5.41) is 0.636. The van der Waals surface area contributed by atoms with Gasteiger partial charge in [0.2, 0.25) is 0 Å². The molecule has 3 nitrogen and oxygen atoms in total. The van der Waals surface area contributed by atoms with Gasteiger partial charge in [-0.05, 0) is 19.2 Å². The summed E-state index contributed by atoms with van der Waals surface area (Å²) < 4.78 is 19.2. The molecular formula is C14H17FN2O. The Bertz CT molecular complexity index is 544. The van der Waals surface area contributed by atoms with Gasteiger partial charge in [0.25, 0.3) is 0 Å². The first-order chi connectivity index (χ1) is 8.74. The number of furan rings is 1. The van der Waals surface area contributed by atoms with Gasteiger partial charge in [-0.1, -0.05) is 6.07 Å². The van der Waals surface area contributed by atoms with Crippen LogP contribution in [0.1, 0.15) is 5.56 Å². The van der Waals surface area contributed by atoms with Crippen molar-refractivity contribution in [2.45, 2.75) is 6.54 Å². The molecule has 96 valence electrons. The molecule has 0 unspecified atom stereocenters. The molecule has 0 saturated carbocycles. The van der Waals surface area contributed by atoms with E-state index in [1.54, 1.807) is 12.3 Å². The number of benzene rings is 1. The van der Waals surface area contributed by atoms with Crippen molar-refractivity contribution in [3.63, 3.8) is 0 Å².